The average molecular weight is 315 g/mol. The molecule has 1 saturated heterocycles. The summed E-state index contributed by atoms with van der Waals surface area (Å²) in [5, 5.41) is 15.0. The minimum absolute atomic E-state index is 0.0428. The van der Waals surface area contributed by atoms with Crippen molar-refractivity contribution in [3.8, 4) is 0 Å². The van der Waals surface area contributed by atoms with Crippen LogP contribution in [0.1, 0.15) is 56.2 Å². The van der Waals surface area contributed by atoms with E-state index in [1.165, 1.54) is 0 Å². The van der Waals surface area contributed by atoms with Gasteiger partial charge in [0.15, 0.2) is 0 Å². The van der Waals surface area contributed by atoms with E-state index in [0.29, 0.717) is 12.8 Å². The minimum Gasteiger partial charge on any atom is -0.468 e. The van der Waals surface area contributed by atoms with Gasteiger partial charge in [0.05, 0.1) is 30.2 Å². The third-order valence-electron chi connectivity index (χ3n) is 4.86. The van der Waals surface area contributed by atoms with E-state index in [-0.39, 0.29) is 18.0 Å². The van der Waals surface area contributed by atoms with Crippen molar-refractivity contribution in [3.63, 3.8) is 0 Å². The van der Waals surface area contributed by atoms with Crippen LogP contribution in [0.4, 0.5) is 0 Å². The molecule has 2 aromatic rings. The number of piperidine rings is 1. The average Bonchev–Trinajstić information content (AvgIpc) is 3.22. The van der Waals surface area contributed by atoms with Crippen LogP contribution in [0.3, 0.4) is 0 Å². The van der Waals surface area contributed by atoms with E-state index in [1.807, 2.05) is 30.3 Å². The molecule has 0 radical (unpaired) electrons. The van der Waals surface area contributed by atoms with Crippen LogP contribution in [0.5, 0.6) is 0 Å². The van der Waals surface area contributed by atoms with E-state index >= 15 is 0 Å². The molecule has 0 saturated carbocycles. The highest BCUT2D eigenvalue weighted by molar-refractivity contribution is 5.17. The van der Waals surface area contributed by atoms with Crippen LogP contribution in [-0.2, 0) is 0 Å². The predicted molar refractivity (Wildman–Crippen MR) is 88.8 cm³/mol. The van der Waals surface area contributed by atoms with E-state index < -0.39 is 5.60 Å². The molecule has 3 rings (SSSR count). The lowest BCUT2D eigenvalue weighted by Gasteiger charge is -2.47. The van der Waals surface area contributed by atoms with Gasteiger partial charge in [0.1, 0.15) is 11.5 Å². The Morgan fingerprint density at radius 3 is 2.57 bits per heavy atom. The predicted octanol–water partition coefficient (Wildman–Crippen LogP) is 4.37. The molecule has 0 aliphatic carbocycles. The molecule has 1 aliphatic heterocycles. The van der Waals surface area contributed by atoms with Crippen LogP contribution in [-0.4, -0.2) is 10.7 Å². The van der Waals surface area contributed by atoms with Gasteiger partial charge in [-0.2, -0.15) is 0 Å². The maximum absolute atomic E-state index is 11.4. The Morgan fingerprint density at radius 2 is 2.00 bits per heavy atom. The van der Waals surface area contributed by atoms with Crippen LogP contribution >= 0.6 is 0 Å². The number of aliphatic hydroxyl groups is 1. The second kappa shape index (κ2) is 6.77. The van der Waals surface area contributed by atoms with Gasteiger partial charge in [-0.3, -0.25) is 5.32 Å². The van der Waals surface area contributed by atoms with Gasteiger partial charge in [-0.15, -0.1) is 6.58 Å². The number of furan rings is 2. The normalized spacial score (nSPS) is 31.1. The SMILES string of the molecule is C=CC[C@]1(O)C[C@H](c2ccco2)N[C@H](c2ccco2)[C@@H]1CCC. The summed E-state index contributed by atoms with van der Waals surface area (Å²) >= 11 is 0. The zero-order chi connectivity index (χ0) is 16.3. The molecular weight excluding hydrogens is 290 g/mol. The molecule has 4 atom stereocenters. The number of hydrogen-bond donors (Lipinski definition) is 2. The second-order valence-corrected chi connectivity index (χ2v) is 6.42. The van der Waals surface area contributed by atoms with Gasteiger partial charge in [-0.1, -0.05) is 19.4 Å². The zero-order valence-corrected chi connectivity index (χ0v) is 13.6. The second-order valence-electron chi connectivity index (χ2n) is 6.42. The third kappa shape index (κ3) is 3.14. The molecule has 124 valence electrons. The molecule has 0 amide bonds. The van der Waals surface area contributed by atoms with Crippen LogP contribution in [0, 0.1) is 5.92 Å². The summed E-state index contributed by atoms with van der Waals surface area (Å²) < 4.78 is 11.2. The van der Waals surface area contributed by atoms with Gasteiger partial charge in [0, 0.05) is 5.92 Å². The molecule has 1 fully saturated rings. The number of nitrogens with one attached hydrogen (secondary N) is 1. The van der Waals surface area contributed by atoms with E-state index in [0.717, 1.165) is 24.4 Å². The summed E-state index contributed by atoms with van der Waals surface area (Å²) in [6, 6.07) is 7.61. The summed E-state index contributed by atoms with van der Waals surface area (Å²) in [6.07, 6.45) is 8.27. The first-order valence-corrected chi connectivity index (χ1v) is 8.34. The molecule has 0 bridgehead atoms. The maximum atomic E-state index is 11.4. The summed E-state index contributed by atoms with van der Waals surface area (Å²) in [7, 11) is 0. The molecule has 3 heterocycles. The van der Waals surface area contributed by atoms with Crippen LogP contribution in [0.25, 0.3) is 0 Å². The summed E-state index contributed by atoms with van der Waals surface area (Å²) in [5.41, 5.74) is -0.822. The Morgan fingerprint density at radius 1 is 1.30 bits per heavy atom. The van der Waals surface area contributed by atoms with Gasteiger partial charge in [-0.05, 0) is 43.5 Å². The summed E-state index contributed by atoms with van der Waals surface area (Å²) in [5.74, 6) is 1.78. The van der Waals surface area contributed by atoms with Crippen LogP contribution in [0.15, 0.2) is 58.3 Å². The summed E-state index contributed by atoms with van der Waals surface area (Å²) in [4.78, 5) is 0. The lowest BCUT2D eigenvalue weighted by molar-refractivity contribution is -0.0815. The lowest BCUT2D eigenvalue weighted by atomic mass is 9.69. The van der Waals surface area contributed by atoms with Crippen molar-refractivity contribution in [2.24, 2.45) is 5.92 Å². The van der Waals surface area contributed by atoms with Gasteiger partial charge < -0.3 is 13.9 Å². The Labute approximate surface area is 137 Å². The topological polar surface area (TPSA) is 58.5 Å². The van der Waals surface area contributed by atoms with E-state index in [2.05, 4.69) is 18.8 Å². The van der Waals surface area contributed by atoms with Crippen molar-refractivity contribution in [2.45, 2.75) is 50.3 Å². The van der Waals surface area contributed by atoms with E-state index in [4.69, 9.17) is 8.83 Å². The van der Waals surface area contributed by atoms with E-state index in [9.17, 15) is 5.11 Å². The molecule has 4 heteroatoms. The molecule has 2 N–H and O–H groups in total. The lowest BCUT2D eigenvalue weighted by Crippen LogP contribution is -2.52. The minimum atomic E-state index is -0.822. The Bertz CT molecular complexity index is 605. The molecule has 0 aromatic carbocycles. The van der Waals surface area contributed by atoms with Crippen molar-refractivity contribution in [1.29, 1.82) is 0 Å². The summed E-state index contributed by atoms with van der Waals surface area (Å²) in [6.45, 7) is 5.99. The fourth-order valence-electron chi connectivity index (χ4n) is 3.86. The fourth-order valence-corrected chi connectivity index (χ4v) is 3.86. The van der Waals surface area contributed by atoms with E-state index in [1.54, 1.807) is 12.5 Å². The highest BCUT2D eigenvalue weighted by Crippen LogP contribution is 2.47. The molecule has 0 spiro atoms. The molecule has 2 aromatic heterocycles. The first-order chi connectivity index (χ1) is 11.2. The van der Waals surface area contributed by atoms with Gasteiger partial charge in [0.2, 0.25) is 0 Å². The fraction of sp³-hybridized carbons (Fsp3) is 0.474. The van der Waals surface area contributed by atoms with Gasteiger partial charge in [0.25, 0.3) is 0 Å². The quantitative estimate of drug-likeness (QED) is 0.777. The van der Waals surface area contributed by atoms with Crippen molar-refractivity contribution in [2.75, 3.05) is 0 Å². The molecule has 4 nitrogen and oxygen atoms in total. The smallest absolute Gasteiger partial charge is 0.121 e. The largest absolute Gasteiger partial charge is 0.468 e. The number of rotatable bonds is 6. The van der Waals surface area contributed by atoms with Crippen LogP contribution < -0.4 is 5.32 Å². The molecule has 1 aliphatic rings. The van der Waals surface area contributed by atoms with Crippen molar-refractivity contribution in [3.05, 3.63) is 61.0 Å². The zero-order valence-electron chi connectivity index (χ0n) is 13.6. The first kappa shape index (κ1) is 16.1. The molecular formula is C19H25NO3. The molecule has 0 unspecified atom stereocenters. The van der Waals surface area contributed by atoms with Gasteiger partial charge >= 0.3 is 0 Å². The maximum Gasteiger partial charge on any atom is 0.121 e. The van der Waals surface area contributed by atoms with Crippen molar-refractivity contribution in [1.82, 2.24) is 5.32 Å². The number of hydrogen-bond acceptors (Lipinski definition) is 4. The Kier molecular flexibility index (Phi) is 4.74. The van der Waals surface area contributed by atoms with Crippen molar-refractivity contribution >= 4 is 0 Å². The standard InChI is InChI=1S/C19H25NO3/c1-3-7-14-18(17-9-6-12-23-17)20-15(16-8-5-11-22-16)13-19(14,21)10-4-2/h4-6,8-9,11-12,14-15,18,20-21H,2-3,7,10,13H2,1H3/t14-,15+,18-,19-/m0/s1. The highest BCUT2D eigenvalue weighted by atomic mass is 16.3. The van der Waals surface area contributed by atoms with Crippen LogP contribution in [0.2, 0.25) is 0 Å². The van der Waals surface area contributed by atoms with Crippen molar-refractivity contribution < 1.29 is 13.9 Å². The monoisotopic (exact) mass is 315 g/mol. The Hall–Kier alpha value is -1.78. The molecule has 23 heavy (non-hydrogen) atoms. The Balaban J connectivity index is 1.97. The highest BCUT2D eigenvalue weighted by Gasteiger charge is 2.48. The third-order valence-corrected chi connectivity index (χ3v) is 4.86. The van der Waals surface area contributed by atoms with Gasteiger partial charge in [-0.25, -0.2) is 0 Å². The first-order valence-electron chi connectivity index (χ1n) is 8.34.